The maximum atomic E-state index is 13.2. The molecule has 2 aromatic rings. The fraction of sp³-hybridized carbons (Fsp3) is 0.250. The summed E-state index contributed by atoms with van der Waals surface area (Å²) in [5.41, 5.74) is 3.32. The summed E-state index contributed by atoms with van der Waals surface area (Å²) in [4.78, 5) is 0. The Morgan fingerprint density at radius 3 is 2.52 bits per heavy atom. The highest BCUT2D eigenvalue weighted by molar-refractivity contribution is 9.10. The van der Waals surface area contributed by atoms with Crippen LogP contribution in [0.3, 0.4) is 0 Å². The van der Waals surface area contributed by atoms with Crippen LogP contribution in [-0.4, -0.2) is 6.04 Å². The average Bonchev–Trinajstić information content (AvgIpc) is 2.43. The van der Waals surface area contributed by atoms with Crippen molar-refractivity contribution in [3.8, 4) is 0 Å². The number of rotatable bonds is 2. The van der Waals surface area contributed by atoms with Crippen molar-refractivity contribution in [1.82, 2.24) is 0 Å². The zero-order valence-electron chi connectivity index (χ0n) is 11.1. The van der Waals surface area contributed by atoms with Gasteiger partial charge in [0.05, 0.1) is 15.7 Å². The molecule has 110 valence electrons. The van der Waals surface area contributed by atoms with Crippen molar-refractivity contribution in [2.75, 3.05) is 5.32 Å². The van der Waals surface area contributed by atoms with Gasteiger partial charge >= 0.3 is 0 Å². The zero-order chi connectivity index (χ0) is 15.0. The molecule has 1 atom stereocenters. The highest BCUT2D eigenvalue weighted by atomic mass is 79.9. The molecule has 0 fully saturated rings. The Morgan fingerprint density at radius 1 is 1.10 bits per heavy atom. The lowest BCUT2D eigenvalue weighted by Crippen LogP contribution is -2.27. The largest absolute Gasteiger partial charge is 0.380 e. The summed E-state index contributed by atoms with van der Waals surface area (Å²) in [6.45, 7) is 0. The minimum absolute atomic E-state index is 0.249. The Hall–Kier alpha value is -0.770. The molecular weight excluding hydrogens is 376 g/mol. The smallest absolute Gasteiger partial charge is 0.126 e. The quantitative estimate of drug-likeness (QED) is 0.678. The van der Waals surface area contributed by atoms with Crippen molar-refractivity contribution in [2.24, 2.45) is 0 Å². The van der Waals surface area contributed by atoms with Gasteiger partial charge < -0.3 is 5.32 Å². The molecular formula is C16H13BrCl2FN. The molecule has 1 aliphatic rings. The molecule has 21 heavy (non-hydrogen) atoms. The minimum atomic E-state index is -0.422. The van der Waals surface area contributed by atoms with Gasteiger partial charge in [0.2, 0.25) is 0 Å². The van der Waals surface area contributed by atoms with Crippen molar-refractivity contribution in [2.45, 2.75) is 25.3 Å². The molecule has 1 nitrogen and oxygen atoms in total. The summed E-state index contributed by atoms with van der Waals surface area (Å²) in [6.07, 6.45) is 2.91. The third-order valence-electron chi connectivity index (χ3n) is 3.75. The van der Waals surface area contributed by atoms with Crippen LogP contribution in [0.4, 0.5) is 10.1 Å². The Kier molecular flexibility index (Phi) is 4.43. The summed E-state index contributed by atoms with van der Waals surface area (Å²) in [6, 6.07) is 9.18. The number of anilines is 1. The number of halogens is 4. The van der Waals surface area contributed by atoms with E-state index in [0.29, 0.717) is 15.7 Å². The molecule has 0 spiro atoms. The van der Waals surface area contributed by atoms with Crippen LogP contribution in [0.2, 0.25) is 10.0 Å². The molecule has 5 heteroatoms. The van der Waals surface area contributed by atoms with E-state index in [1.807, 2.05) is 0 Å². The van der Waals surface area contributed by atoms with Crippen molar-refractivity contribution < 1.29 is 4.39 Å². The van der Waals surface area contributed by atoms with E-state index in [1.54, 1.807) is 0 Å². The fourth-order valence-electron chi connectivity index (χ4n) is 2.73. The molecule has 0 radical (unpaired) electrons. The van der Waals surface area contributed by atoms with Crippen LogP contribution in [0.5, 0.6) is 0 Å². The number of nitrogens with one attached hydrogen (secondary N) is 1. The molecule has 0 saturated carbocycles. The highest BCUT2D eigenvalue weighted by Gasteiger charge is 2.20. The molecule has 0 aliphatic heterocycles. The van der Waals surface area contributed by atoms with Gasteiger partial charge in [-0.1, -0.05) is 45.2 Å². The number of hydrogen-bond donors (Lipinski definition) is 1. The standard InChI is InChI=1S/C16H13BrCl2FN/c17-11-3-1-10-6-13(4-2-9(10)5-11)21-16-14(18)7-12(20)8-15(16)19/h1,3,5,7-8,13,21H,2,4,6H2. The van der Waals surface area contributed by atoms with Crippen LogP contribution in [-0.2, 0) is 12.8 Å². The van der Waals surface area contributed by atoms with Crippen molar-refractivity contribution in [1.29, 1.82) is 0 Å². The first kappa shape index (κ1) is 15.1. The van der Waals surface area contributed by atoms with Crippen molar-refractivity contribution in [3.05, 3.63) is 61.8 Å². The Morgan fingerprint density at radius 2 is 1.81 bits per heavy atom. The molecule has 0 heterocycles. The van der Waals surface area contributed by atoms with Gasteiger partial charge in [-0.05, 0) is 54.7 Å². The van der Waals surface area contributed by atoms with Crippen LogP contribution < -0.4 is 5.32 Å². The predicted molar refractivity (Wildman–Crippen MR) is 90.0 cm³/mol. The summed E-state index contributed by atoms with van der Waals surface area (Å²) in [5, 5.41) is 4.00. The first-order valence-corrected chi connectivity index (χ1v) is 8.26. The molecule has 1 N–H and O–H groups in total. The van der Waals surface area contributed by atoms with Crippen LogP contribution in [0.25, 0.3) is 0 Å². The van der Waals surface area contributed by atoms with Crippen molar-refractivity contribution >= 4 is 44.8 Å². The van der Waals surface area contributed by atoms with Gasteiger partial charge in [-0.25, -0.2) is 4.39 Å². The molecule has 0 saturated heterocycles. The lowest BCUT2D eigenvalue weighted by atomic mass is 9.88. The van der Waals surface area contributed by atoms with E-state index < -0.39 is 5.82 Å². The van der Waals surface area contributed by atoms with Crippen LogP contribution in [0.1, 0.15) is 17.5 Å². The average molecular weight is 389 g/mol. The van der Waals surface area contributed by atoms with E-state index in [2.05, 4.69) is 39.4 Å². The van der Waals surface area contributed by atoms with E-state index in [1.165, 1.54) is 23.3 Å². The lowest BCUT2D eigenvalue weighted by molar-refractivity contribution is 0.609. The van der Waals surface area contributed by atoms with E-state index in [4.69, 9.17) is 23.2 Å². The fourth-order valence-corrected chi connectivity index (χ4v) is 3.71. The summed E-state index contributed by atoms with van der Waals surface area (Å²) in [5.74, 6) is -0.422. The van der Waals surface area contributed by atoms with Gasteiger partial charge in [0.15, 0.2) is 0 Å². The zero-order valence-corrected chi connectivity index (χ0v) is 14.2. The van der Waals surface area contributed by atoms with Gasteiger partial charge in [-0.15, -0.1) is 0 Å². The molecule has 1 aliphatic carbocycles. The molecule has 3 rings (SSSR count). The Bertz CT molecular complexity index is 667. The SMILES string of the molecule is Fc1cc(Cl)c(NC2CCc3cc(Br)ccc3C2)c(Cl)c1. The summed E-state index contributed by atoms with van der Waals surface area (Å²) >= 11 is 15.7. The maximum absolute atomic E-state index is 13.2. The number of fused-ring (bicyclic) bond motifs is 1. The summed E-state index contributed by atoms with van der Waals surface area (Å²) < 4.78 is 14.3. The van der Waals surface area contributed by atoms with E-state index in [0.717, 1.165) is 23.7 Å². The maximum Gasteiger partial charge on any atom is 0.126 e. The van der Waals surface area contributed by atoms with Crippen LogP contribution >= 0.6 is 39.1 Å². The monoisotopic (exact) mass is 387 g/mol. The Balaban J connectivity index is 1.80. The van der Waals surface area contributed by atoms with Gasteiger partial charge in [-0.2, -0.15) is 0 Å². The van der Waals surface area contributed by atoms with Crippen LogP contribution in [0, 0.1) is 5.82 Å². The first-order chi connectivity index (χ1) is 10.0. The second kappa shape index (κ2) is 6.15. The third kappa shape index (κ3) is 3.36. The lowest BCUT2D eigenvalue weighted by Gasteiger charge is -2.27. The minimum Gasteiger partial charge on any atom is -0.380 e. The normalized spacial score (nSPS) is 17.4. The molecule has 0 aromatic heterocycles. The van der Waals surface area contributed by atoms with Gasteiger partial charge in [0.1, 0.15) is 5.82 Å². The predicted octanol–water partition coefficient (Wildman–Crippen LogP) is 5.86. The van der Waals surface area contributed by atoms with E-state index >= 15 is 0 Å². The van der Waals surface area contributed by atoms with E-state index in [-0.39, 0.29) is 6.04 Å². The molecule has 2 aromatic carbocycles. The van der Waals surface area contributed by atoms with Crippen molar-refractivity contribution in [3.63, 3.8) is 0 Å². The first-order valence-electron chi connectivity index (χ1n) is 6.71. The third-order valence-corrected chi connectivity index (χ3v) is 4.84. The number of hydrogen-bond acceptors (Lipinski definition) is 1. The molecule has 0 bridgehead atoms. The second-order valence-corrected chi connectivity index (χ2v) is 6.97. The van der Waals surface area contributed by atoms with Gasteiger partial charge in [0.25, 0.3) is 0 Å². The van der Waals surface area contributed by atoms with Gasteiger partial charge in [-0.3, -0.25) is 0 Å². The van der Waals surface area contributed by atoms with Crippen LogP contribution in [0.15, 0.2) is 34.8 Å². The Labute approximate surface area is 141 Å². The summed E-state index contributed by atoms with van der Waals surface area (Å²) in [7, 11) is 0. The second-order valence-electron chi connectivity index (χ2n) is 5.24. The topological polar surface area (TPSA) is 12.0 Å². The van der Waals surface area contributed by atoms with Gasteiger partial charge in [0, 0.05) is 10.5 Å². The number of benzene rings is 2. The number of aryl methyl sites for hydroxylation is 1. The molecule has 1 unspecified atom stereocenters. The van der Waals surface area contributed by atoms with E-state index in [9.17, 15) is 4.39 Å². The molecule has 0 amide bonds. The highest BCUT2D eigenvalue weighted by Crippen LogP contribution is 2.34.